The molecule has 3 aromatic rings. The van der Waals surface area contributed by atoms with Gasteiger partial charge in [-0.3, -0.25) is 0 Å². The summed E-state index contributed by atoms with van der Waals surface area (Å²) in [7, 11) is 0. The minimum absolute atomic E-state index is 0.370. The van der Waals surface area contributed by atoms with Crippen molar-refractivity contribution in [2.24, 2.45) is 0 Å². The second-order valence-corrected chi connectivity index (χ2v) is 4.95. The molecule has 2 N–H and O–H groups in total. The Balaban J connectivity index is 2.21. The average Bonchev–Trinajstić information content (AvgIpc) is 2.91. The van der Waals surface area contributed by atoms with Crippen LogP contribution in [0.25, 0.3) is 17.1 Å². The first-order valence-electron chi connectivity index (χ1n) is 5.75. The minimum atomic E-state index is -0.370. The molecule has 0 spiro atoms. The Labute approximate surface area is 122 Å². The highest BCUT2D eigenvalue weighted by atomic mass is 79.9. The Kier molecular flexibility index (Phi) is 3.19. The summed E-state index contributed by atoms with van der Waals surface area (Å²) >= 11 is 3.36. The Morgan fingerprint density at radius 1 is 1.15 bits per heavy atom. The molecule has 1 aromatic heterocycles. The van der Waals surface area contributed by atoms with Gasteiger partial charge >= 0.3 is 0 Å². The number of hydrogen-bond acceptors (Lipinski definition) is 4. The molecule has 0 aliphatic rings. The zero-order chi connectivity index (χ0) is 14.1. The number of benzene rings is 2. The summed E-state index contributed by atoms with van der Waals surface area (Å²) in [5.74, 6) is 0.0834. The average molecular weight is 334 g/mol. The minimum Gasteiger partial charge on any atom is -0.398 e. The topological polar surface area (TPSA) is 69.6 Å². The largest absolute Gasteiger partial charge is 0.398 e. The highest BCUT2D eigenvalue weighted by Crippen LogP contribution is 2.28. The third kappa shape index (κ3) is 2.16. The van der Waals surface area contributed by atoms with Crippen LogP contribution in [0, 0.1) is 5.82 Å². The Morgan fingerprint density at radius 3 is 2.75 bits per heavy atom. The summed E-state index contributed by atoms with van der Waals surface area (Å²) in [4.78, 5) is 0. The van der Waals surface area contributed by atoms with E-state index in [1.165, 1.54) is 16.8 Å². The van der Waals surface area contributed by atoms with Crippen molar-refractivity contribution in [3.8, 4) is 17.1 Å². The molecule has 3 rings (SSSR count). The number of rotatable bonds is 2. The summed E-state index contributed by atoms with van der Waals surface area (Å²) < 4.78 is 15.6. The van der Waals surface area contributed by atoms with Gasteiger partial charge in [0, 0.05) is 21.8 Å². The van der Waals surface area contributed by atoms with Gasteiger partial charge < -0.3 is 5.73 Å². The van der Waals surface area contributed by atoms with Crippen LogP contribution in [0.5, 0.6) is 0 Å². The first kappa shape index (κ1) is 12.7. The number of anilines is 1. The highest BCUT2D eigenvalue weighted by molar-refractivity contribution is 9.10. The van der Waals surface area contributed by atoms with Crippen LogP contribution in [0.4, 0.5) is 10.1 Å². The van der Waals surface area contributed by atoms with Gasteiger partial charge in [0.05, 0.1) is 5.69 Å². The number of halogens is 2. The van der Waals surface area contributed by atoms with Gasteiger partial charge in [0.1, 0.15) is 5.82 Å². The molecule has 2 aromatic carbocycles. The summed E-state index contributed by atoms with van der Waals surface area (Å²) in [5, 5.41) is 11.5. The quantitative estimate of drug-likeness (QED) is 0.732. The molecule has 0 radical (unpaired) electrons. The van der Waals surface area contributed by atoms with Crippen molar-refractivity contribution in [1.29, 1.82) is 0 Å². The van der Waals surface area contributed by atoms with Crippen LogP contribution < -0.4 is 5.73 Å². The Bertz CT molecular complexity index is 771. The monoisotopic (exact) mass is 333 g/mol. The molecule has 1 heterocycles. The lowest BCUT2D eigenvalue weighted by Gasteiger charge is -2.08. The molecule has 0 bridgehead atoms. The van der Waals surface area contributed by atoms with Crippen LogP contribution in [0.15, 0.2) is 46.9 Å². The van der Waals surface area contributed by atoms with Gasteiger partial charge in [0.2, 0.25) is 0 Å². The fraction of sp³-hybridized carbons (Fsp3) is 0. The molecule has 7 heteroatoms. The predicted octanol–water partition coefficient (Wildman–Crippen LogP) is 2.81. The van der Waals surface area contributed by atoms with Crippen molar-refractivity contribution in [3.63, 3.8) is 0 Å². The zero-order valence-electron chi connectivity index (χ0n) is 10.2. The normalized spacial score (nSPS) is 10.7. The number of nitrogen functional groups attached to an aromatic ring is 1. The van der Waals surface area contributed by atoms with Gasteiger partial charge in [0.15, 0.2) is 5.82 Å². The van der Waals surface area contributed by atoms with Crippen LogP contribution in [-0.4, -0.2) is 20.2 Å². The maximum Gasteiger partial charge on any atom is 0.189 e. The number of para-hydroxylation sites is 1. The standard InChI is InChI=1S/C13H9BrFN5/c14-10-6-5-8(15)7-12(10)20-13(17-18-19-20)9-3-1-2-4-11(9)16/h1-7H,16H2. The molecule has 0 unspecified atom stereocenters. The summed E-state index contributed by atoms with van der Waals surface area (Å²) in [5.41, 5.74) is 7.68. The van der Waals surface area contributed by atoms with Crippen molar-refractivity contribution in [2.45, 2.75) is 0 Å². The molecule has 0 saturated heterocycles. The van der Waals surface area contributed by atoms with E-state index in [1.807, 2.05) is 18.2 Å². The van der Waals surface area contributed by atoms with Crippen molar-refractivity contribution >= 4 is 21.6 Å². The van der Waals surface area contributed by atoms with Gasteiger partial charge in [-0.2, -0.15) is 4.68 Å². The summed E-state index contributed by atoms with van der Waals surface area (Å²) in [6.07, 6.45) is 0. The number of tetrazole rings is 1. The summed E-state index contributed by atoms with van der Waals surface area (Å²) in [6.45, 7) is 0. The SMILES string of the molecule is Nc1ccccc1-c1nnnn1-c1cc(F)ccc1Br. The molecule has 100 valence electrons. The zero-order valence-corrected chi connectivity index (χ0v) is 11.7. The fourth-order valence-electron chi connectivity index (χ4n) is 1.87. The van der Waals surface area contributed by atoms with E-state index in [-0.39, 0.29) is 5.82 Å². The lowest BCUT2D eigenvalue weighted by atomic mass is 10.1. The first-order valence-corrected chi connectivity index (χ1v) is 6.55. The van der Waals surface area contributed by atoms with Crippen LogP contribution in [0.2, 0.25) is 0 Å². The van der Waals surface area contributed by atoms with Crippen LogP contribution >= 0.6 is 15.9 Å². The van der Waals surface area contributed by atoms with E-state index >= 15 is 0 Å². The molecule has 0 aliphatic heterocycles. The molecular weight excluding hydrogens is 325 g/mol. The van der Waals surface area contributed by atoms with E-state index in [9.17, 15) is 4.39 Å². The lowest BCUT2D eigenvalue weighted by Crippen LogP contribution is -2.03. The number of aromatic nitrogens is 4. The third-order valence-electron chi connectivity index (χ3n) is 2.81. The molecule has 0 atom stereocenters. The van der Waals surface area contributed by atoms with Gasteiger partial charge in [-0.05, 0) is 50.6 Å². The van der Waals surface area contributed by atoms with E-state index in [2.05, 4.69) is 31.5 Å². The predicted molar refractivity (Wildman–Crippen MR) is 76.7 cm³/mol. The maximum absolute atomic E-state index is 13.4. The van der Waals surface area contributed by atoms with Crippen molar-refractivity contribution in [2.75, 3.05) is 5.73 Å². The van der Waals surface area contributed by atoms with Gasteiger partial charge in [0.25, 0.3) is 0 Å². The lowest BCUT2D eigenvalue weighted by molar-refractivity contribution is 0.624. The first-order chi connectivity index (χ1) is 9.66. The maximum atomic E-state index is 13.4. The smallest absolute Gasteiger partial charge is 0.189 e. The molecule has 0 aliphatic carbocycles. The van der Waals surface area contributed by atoms with Gasteiger partial charge in [-0.1, -0.05) is 12.1 Å². The van der Waals surface area contributed by atoms with E-state index < -0.39 is 0 Å². The molecule has 20 heavy (non-hydrogen) atoms. The number of nitrogens with two attached hydrogens (primary N) is 1. The van der Waals surface area contributed by atoms with Crippen molar-refractivity contribution in [3.05, 3.63) is 52.8 Å². The summed E-state index contributed by atoms with van der Waals surface area (Å²) in [6, 6.07) is 11.5. The number of hydrogen-bond donors (Lipinski definition) is 1. The molecule has 0 amide bonds. The van der Waals surface area contributed by atoms with Crippen LogP contribution in [0.3, 0.4) is 0 Å². The van der Waals surface area contributed by atoms with Crippen molar-refractivity contribution in [1.82, 2.24) is 20.2 Å². The van der Waals surface area contributed by atoms with Crippen LogP contribution in [0.1, 0.15) is 0 Å². The Hall–Kier alpha value is -2.28. The molecule has 0 fully saturated rings. The van der Waals surface area contributed by atoms with E-state index in [0.717, 1.165) is 0 Å². The Morgan fingerprint density at radius 2 is 1.95 bits per heavy atom. The van der Waals surface area contributed by atoms with E-state index in [0.29, 0.717) is 27.2 Å². The second-order valence-electron chi connectivity index (χ2n) is 4.10. The highest BCUT2D eigenvalue weighted by Gasteiger charge is 2.15. The van der Waals surface area contributed by atoms with Gasteiger partial charge in [-0.25, -0.2) is 4.39 Å². The second kappa shape index (κ2) is 5.01. The molecular formula is C13H9BrFN5. The van der Waals surface area contributed by atoms with Crippen molar-refractivity contribution < 1.29 is 4.39 Å². The van der Waals surface area contributed by atoms with Crippen LogP contribution in [-0.2, 0) is 0 Å². The fourth-order valence-corrected chi connectivity index (χ4v) is 2.28. The number of nitrogens with zero attached hydrogens (tertiary/aromatic N) is 4. The third-order valence-corrected chi connectivity index (χ3v) is 3.48. The molecule has 5 nitrogen and oxygen atoms in total. The van der Waals surface area contributed by atoms with E-state index in [4.69, 9.17) is 5.73 Å². The van der Waals surface area contributed by atoms with Gasteiger partial charge in [-0.15, -0.1) is 5.10 Å². The van der Waals surface area contributed by atoms with E-state index in [1.54, 1.807) is 12.1 Å². The molecule has 0 saturated carbocycles.